The Hall–Kier alpha value is -2.01. The van der Waals surface area contributed by atoms with Crippen LogP contribution in [0.5, 0.6) is 0 Å². The van der Waals surface area contributed by atoms with E-state index in [9.17, 15) is 4.79 Å². The highest BCUT2D eigenvalue weighted by Gasteiger charge is 2.20. The second kappa shape index (κ2) is 10.5. The molecule has 5 heteroatoms. The summed E-state index contributed by atoms with van der Waals surface area (Å²) in [5, 5.41) is 0. The summed E-state index contributed by atoms with van der Waals surface area (Å²) >= 11 is 0. The van der Waals surface area contributed by atoms with Crippen LogP contribution in [0.25, 0.3) is 0 Å². The Kier molecular flexibility index (Phi) is 8.36. The Bertz CT molecular complexity index is 688. The zero-order chi connectivity index (χ0) is 20.6. The van der Waals surface area contributed by atoms with E-state index >= 15 is 0 Å². The lowest BCUT2D eigenvalue weighted by molar-refractivity contribution is 0.0941. The Morgan fingerprint density at radius 1 is 1.39 bits per heavy atom. The highest BCUT2D eigenvalue weighted by Crippen LogP contribution is 2.24. The summed E-state index contributed by atoms with van der Waals surface area (Å²) in [5.41, 5.74) is 2.31. The maximum atomic E-state index is 11.9. The third kappa shape index (κ3) is 7.19. The highest BCUT2D eigenvalue weighted by molar-refractivity contribution is 5.98. The third-order valence-electron chi connectivity index (χ3n) is 5.25. The molecule has 0 N–H and O–H groups in total. The number of nitrogens with zero attached hydrogens (tertiary/aromatic N) is 3. The van der Waals surface area contributed by atoms with E-state index in [1.807, 2.05) is 12.3 Å². The second-order valence-corrected chi connectivity index (χ2v) is 8.82. The lowest BCUT2D eigenvalue weighted by Crippen LogP contribution is -2.34. The molecule has 0 atom stereocenters. The number of rotatable bonds is 9. The van der Waals surface area contributed by atoms with Crippen LogP contribution in [0.15, 0.2) is 46.3 Å². The average molecular weight is 386 g/mol. The van der Waals surface area contributed by atoms with E-state index < -0.39 is 0 Å². The van der Waals surface area contributed by atoms with Gasteiger partial charge in [0.25, 0.3) is 5.89 Å². The minimum absolute atomic E-state index is 0.0119. The molecule has 28 heavy (non-hydrogen) atoms. The normalized spacial score (nSPS) is 17.7. The molecule has 0 radical (unpaired) electrons. The van der Waals surface area contributed by atoms with E-state index in [0.29, 0.717) is 12.3 Å². The van der Waals surface area contributed by atoms with Crippen molar-refractivity contribution in [3.8, 4) is 0 Å². The van der Waals surface area contributed by atoms with Crippen molar-refractivity contribution in [2.45, 2.75) is 59.8 Å². The van der Waals surface area contributed by atoms with Crippen LogP contribution in [0.4, 0.5) is 0 Å². The molecule has 0 unspecified atom stereocenters. The topological polar surface area (TPSA) is 58.7 Å². The summed E-state index contributed by atoms with van der Waals surface area (Å²) in [6.07, 6.45) is 11.8. The molecule has 0 aromatic carbocycles. The number of likely N-dealkylation sites (tertiary alicyclic amines) is 1. The number of piperidine rings is 1. The van der Waals surface area contributed by atoms with E-state index in [1.54, 1.807) is 0 Å². The standard InChI is InChI=1S/C23H35N3O2/c1-6-21(23(3,4)5)25-16-18(2)17-26-13-10-19(11-14-26)8-7-9-20(27)22-24-12-15-28-22/h6,12,15-16,19H,1,7-11,13-14,17H2,2-5H3/b18-16+,25-21?. The minimum atomic E-state index is 0.0119. The van der Waals surface area contributed by atoms with Crippen molar-refractivity contribution in [3.63, 3.8) is 0 Å². The van der Waals surface area contributed by atoms with E-state index in [-0.39, 0.29) is 17.1 Å². The summed E-state index contributed by atoms with van der Waals surface area (Å²) in [6.45, 7) is 15.7. The SMILES string of the molecule is C=CC(=N/C=C(\C)CN1CCC(CCCC(=O)c2ncco2)CC1)C(C)(C)C. The van der Waals surface area contributed by atoms with Crippen LogP contribution in [0.2, 0.25) is 0 Å². The first kappa shape index (κ1) is 22.3. The van der Waals surface area contributed by atoms with Gasteiger partial charge >= 0.3 is 0 Å². The zero-order valence-electron chi connectivity index (χ0n) is 17.9. The Morgan fingerprint density at radius 3 is 2.68 bits per heavy atom. The molecule has 5 nitrogen and oxygen atoms in total. The number of aromatic nitrogens is 1. The molecule has 0 bridgehead atoms. The fourth-order valence-electron chi connectivity index (χ4n) is 3.58. The Balaban J connectivity index is 1.70. The van der Waals surface area contributed by atoms with Crippen molar-refractivity contribution in [2.24, 2.45) is 16.3 Å². The van der Waals surface area contributed by atoms with Crippen LogP contribution in [-0.2, 0) is 0 Å². The van der Waals surface area contributed by atoms with Crippen LogP contribution >= 0.6 is 0 Å². The van der Waals surface area contributed by atoms with Gasteiger partial charge in [-0.1, -0.05) is 27.4 Å². The second-order valence-electron chi connectivity index (χ2n) is 8.82. The van der Waals surface area contributed by atoms with Crippen molar-refractivity contribution in [2.75, 3.05) is 19.6 Å². The van der Waals surface area contributed by atoms with Gasteiger partial charge in [-0.25, -0.2) is 4.98 Å². The molecule has 1 fully saturated rings. The van der Waals surface area contributed by atoms with Gasteiger partial charge in [0.2, 0.25) is 5.78 Å². The van der Waals surface area contributed by atoms with E-state index in [0.717, 1.165) is 38.2 Å². The minimum Gasteiger partial charge on any atom is -0.442 e. The first-order chi connectivity index (χ1) is 13.3. The molecule has 1 aromatic rings. The largest absolute Gasteiger partial charge is 0.442 e. The summed E-state index contributed by atoms with van der Waals surface area (Å²) in [7, 11) is 0. The Labute approximate surface area is 169 Å². The van der Waals surface area contributed by atoms with Crippen LogP contribution in [0.1, 0.15) is 70.5 Å². The van der Waals surface area contributed by atoms with Gasteiger partial charge in [0.05, 0.1) is 6.20 Å². The predicted molar refractivity (Wildman–Crippen MR) is 115 cm³/mol. The zero-order valence-corrected chi connectivity index (χ0v) is 17.9. The first-order valence-electron chi connectivity index (χ1n) is 10.3. The monoisotopic (exact) mass is 385 g/mol. The molecule has 2 rings (SSSR count). The van der Waals surface area contributed by atoms with Gasteiger partial charge in [-0.05, 0) is 63.3 Å². The first-order valence-corrected chi connectivity index (χ1v) is 10.3. The number of ketones is 1. The smallest absolute Gasteiger partial charge is 0.263 e. The van der Waals surface area contributed by atoms with Crippen LogP contribution in [0.3, 0.4) is 0 Å². The van der Waals surface area contributed by atoms with Crippen molar-refractivity contribution in [3.05, 3.63) is 42.8 Å². The van der Waals surface area contributed by atoms with E-state index in [4.69, 9.17) is 4.42 Å². The van der Waals surface area contributed by atoms with Gasteiger partial charge in [-0.3, -0.25) is 14.7 Å². The average Bonchev–Trinajstić information content (AvgIpc) is 3.17. The van der Waals surface area contributed by atoms with Gasteiger partial charge < -0.3 is 4.42 Å². The lowest BCUT2D eigenvalue weighted by atomic mass is 9.90. The number of carbonyl (C=O) groups is 1. The molecule has 0 saturated carbocycles. The van der Waals surface area contributed by atoms with Crippen LogP contribution in [-0.4, -0.2) is 41.0 Å². The molecule has 0 aliphatic carbocycles. The van der Waals surface area contributed by atoms with Crippen molar-refractivity contribution in [1.29, 1.82) is 0 Å². The third-order valence-corrected chi connectivity index (χ3v) is 5.25. The molecule has 154 valence electrons. The van der Waals surface area contributed by atoms with Crippen molar-refractivity contribution < 1.29 is 9.21 Å². The molecule has 1 aromatic heterocycles. The summed E-state index contributed by atoms with van der Waals surface area (Å²) < 4.78 is 5.06. The number of carbonyl (C=O) groups excluding carboxylic acids is 1. The maximum Gasteiger partial charge on any atom is 0.263 e. The molecule has 0 amide bonds. The molecule has 2 heterocycles. The number of aliphatic imine (C=N–C) groups is 1. The predicted octanol–water partition coefficient (Wildman–Crippen LogP) is 5.32. The van der Waals surface area contributed by atoms with Gasteiger partial charge in [0.15, 0.2) is 0 Å². The van der Waals surface area contributed by atoms with Gasteiger partial charge in [0, 0.05) is 30.3 Å². The van der Waals surface area contributed by atoms with Gasteiger partial charge in [-0.2, -0.15) is 0 Å². The maximum absolute atomic E-state index is 11.9. The van der Waals surface area contributed by atoms with E-state index in [2.05, 4.69) is 49.2 Å². The molecule has 1 aliphatic heterocycles. The summed E-state index contributed by atoms with van der Waals surface area (Å²) in [5.74, 6) is 0.966. The lowest BCUT2D eigenvalue weighted by Gasteiger charge is -2.32. The van der Waals surface area contributed by atoms with Crippen LogP contribution < -0.4 is 0 Å². The van der Waals surface area contributed by atoms with E-state index in [1.165, 1.54) is 30.9 Å². The highest BCUT2D eigenvalue weighted by atomic mass is 16.3. The molecular formula is C23H35N3O2. The van der Waals surface area contributed by atoms with Crippen LogP contribution in [0, 0.1) is 11.3 Å². The number of allylic oxidation sites excluding steroid dienone is 1. The summed E-state index contributed by atoms with van der Waals surface area (Å²) in [6, 6.07) is 0. The van der Waals surface area contributed by atoms with Crippen molar-refractivity contribution >= 4 is 11.5 Å². The fraction of sp³-hybridized carbons (Fsp3) is 0.609. The number of Topliss-reactive ketones (excluding diaryl/α,β-unsaturated/α-hetero) is 1. The fourth-order valence-corrected chi connectivity index (χ4v) is 3.58. The van der Waals surface area contributed by atoms with Crippen molar-refractivity contribution in [1.82, 2.24) is 9.88 Å². The number of oxazole rings is 1. The molecule has 1 saturated heterocycles. The van der Waals surface area contributed by atoms with Gasteiger partial charge in [0.1, 0.15) is 6.26 Å². The number of hydrogen-bond donors (Lipinski definition) is 0. The number of hydrogen-bond acceptors (Lipinski definition) is 5. The summed E-state index contributed by atoms with van der Waals surface area (Å²) in [4.78, 5) is 23.0. The molecular weight excluding hydrogens is 350 g/mol. The molecule has 1 aliphatic rings. The Morgan fingerprint density at radius 2 is 2.11 bits per heavy atom. The quantitative estimate of drug-likeness (QED) is 0.426. The van der Waals surface area contributed by atoms with Gasteiger partial charge in [-0.15, -0.1) is 0 Å². The molecule has 0 spiro atoms.